The van der Waals surface area contributed by atoms with Crippen LogP contribution in [0.25, 0.3) is 0 Å². The Hall–Kier alpha value is -1.15. The van der Waals surface area contributed by atoms with E-state index in [4.69, 9.17) is 0 Å². The highest BCUT2D eigenvalue weighted by Gasteiger charge is 2.12. The summed E-state index contributed by atoms with van der Waals surface area (Å²) >= 11 is 0. The summed E-state index contributed by atoms with van der Waals surface area (Å²) in [5.74, 6) is 0. The SMILES string of the molecule is OC(Cc1cccnc1)/C1=C/CCCCCC1. The lowest BCUT2D eigenvalue weighted by Gasteiger charge is -2.17. The molecule has 0 aromatic carbocycles. The fraction of sp³-hybridized carbons (Fsp3) is 0.533. The molecule has 1 heterocycles. The van der Waals surface area contributed by atoms with Crippen molar-refractivity contribution < 1.29 is 5.11 Å². The van der Waals surface area contributed by atoms with Gasteiger partial charge in [0.2, 0.25) is 0 Å². The van der Waals surface area contributed by atoms with E-state index in [9.17, 15) is 5.11 Å². The van der Waals surface area contributed by atoms with Crippen LogP contribution < -0.4 is 0 Å². The van der Waals surface area contributed by atoms with Crippen LogP contribution in [-0.2, 0) is 6.42 Å². The van der Waals surface area contributed by atoms with Gasteiger partial charge >= 0.3 is 0 Å². The second-order valence-corrected chi connectivity index (χ2v) is 4.81. The molecule has 0 fully saturated rings. The lowest BCUT2D eigenvalue weighted by molar-refractivity contribution is 0.205. The van der Waals surface area contributed by atoms with E-state index in [1.807, 2.05) is 18.3 Å². The third-order valence-corrected chi connectivity index (χ3v) is 3.41. The van der Waals surface area contributed by atoms with Crippen molar-refractivity contribution in [3.8, 4) is 0 Å². The first-order valence-electron chi connectivity index (χ1n) is 6.62. The van der Waals surface area contributed by atoms with Crippen LogP contribution in [0.15, 0.2) is 36.2 Å². The fourth-order valence-corrected chi connectivity index (χ4v) is 2.39. The Morgan fingerprint density at radius 1 is 1.24 bits per heavy atom. The zero-order valence-electron chi connectivity index (χ0n) is 10.3. The largest absolute Gasteiger partial charge is 0.388 e. The molecule has 1 unspecified atom stereocenters. The average molecular weight is 231 g/mol. The summed E-state index contributed by atoms with van der Waals surface area (Å²) in [5.41, 5.74) is 2.34. The zero-order valence-corrected chi connectivity index (χ0v) is 10.3. The Kier molecular flexibility index (Phi) is 4.75. The van der Waals surface area contributed by atoms with Crippen LogP contribution in [0.5, 0.6) is 0 Å². The number of aromatic nitrogens is 1. The number of allylic oxidation sites excluding steroid dienone is 1. The molecule has 1 N–H and O–H groups in total. The molecule has 1 aliphatic rings. The Morgan fingerprint density at radius 3 is 2.94 bits per heavy atom. The van der Waals surface area contributed by atoms with E-state index in [-0.39, 0.29) is 6.10 Å². The topological polar surface area (TPSA) is 33.1 Å². The van der Waals surface area contributed by atoms with Crippen molar-refractivity contribution >= 4 is 0 Å². The van der Waals surface area contributed by atoms with Gasteiger partial charge in [0.25, 0.3) is 0 Å². The summed E-state index contributed by atoms with van der Waals surface area (Å²) in [6.07, 6.45) is 13.5. The van der Waals surface area contributed by atoms with E-state index in [0.717, 1.165) is 18.4 Å². The van der Waals surface area contributed by atoms with Gasteiger partial charge in [-0.05, 0) is 42.9 Å². The molecule has 1 aliphatic carbocycles. The monoisotopic (exact) mass is 231 g/mol. The highest BCUT2D eigenvalue weighted by atomic mass is 16.3. The number of nitrogens with zero attached hydrogens (tertiary/aromatic N) is 1. The molecule has 2 rings (SSSR count). The molecule has 0 aliphatic heterocycles. The van der Waals surface area contributed by atoms with Crippen molar-refractivity contribution in [3.05, 3.63) is 41.7 Å². The lowest BCUT2D eigenvalue weighted by atomic mass is 9.93. The van der Waals surface area contributed by atoms with Gasteiger partial charge in [-0.15, -0.1) is 0 Å². The van der Waals surface area contributed by atoms with Gasteiger partial charge in [0, 0.05) is 18.8 Å². The molecule has 1 aromatic heterocycles. The summed E-state index contributed by atoms with van der Waals surface area (Å²) in [5, 5.41) is 10.2. The third-order valence-electron chi connectivity index (χ3n) is 3.41. The molecule has 0 spiro atoms. The number of rotatable bonds is 3. The van der Waals surface area contributed by atoms with Crippen LogP contribution in [-0.4, -0.2) is 16.2 Å². The molecule has 0 saturated carbocycles. The van der Waals surface area contributed by atoms with Crippen LogP contribution in [0, 0.1) is 0 Å². The molecule has 0 bridgehead atoms. The van der Waals surface area contributed by atoms with Gasteiger partial charge in [0.05, 0.1) is 6.10 Å². The van der Waals surface area contributed by atoms with Crippen molar-refractivity contribution in [2.75, 3.05) is 0 Å². The summed E-state index contributed by atoms with van der Waals surface area (Å²) in [6.45, 7) is 0. The summed E-state index contributed by atoms with van der Waals surface area (Å²) in [4.78, 5) is 4.09. The van der Waals surface area contributed by atoms with E-state index in [2.05, 4.69) is 11.1 Å². The smallest absolute Gasteiger partial charge is 0.0791 e. The first kappa shape index (κ1) is 12.3. The highest BCUT2D eigenvalue weighted by Crippen LogP contribution is 2.21. The van der Waals surface area contributed by atoms with Crippen LogP contribution in [0.2, 0.25) is 0 Å². The predicted molar refractivity (Wildman–Crippen MR) is 69.7 cm³/mol. The summed E-state index contributed by atoms with van der Waals surface area (Å²) in [6, 6.07) is 3.95. The highest BCUT2D eigenvalue weighted by molar-refractivity contribution is 5.16. The Bertz CT molecular complexity index is 358. The van der Waals surface area contributed by atoms with Crippen molar-refractivity contribution in [1.82, 2.24) is 4.98 Å². The van der Waals surface area contributed by atoms with Crippen LogP contribution in [0.4, 0.5) is 0 Å². The Labute approximate surface area is 103 Å². The number of aliphatic hydroxyl groups is 1. The molecular weight excluding hydrogens is 210 g/mol. The number of pyridine rings is 1. The van der Waals surface area contributed by atoms with Crippen LogP contribution >= 0.6 is 0 Å². The molecule has 0 saturated heterocycles. The minimum atomic E-state index is -0.322. The second kappa shape index (κ2) is 6.55. The maximum absolute atomic E-state index is 10.2. The van der Waals surface area contributed by atoms with E-state index < -0.39 is 0 Å². The molecule has 1 aromatic rings. The third kappa shape index (κ3) is 3.97. The summed E-state index contributed by atoms with van der Waals surface area (Å²) < 4.78 is 0. The Morgan fingerprint density at radius 2 is 2.12 bits per heavy atom. The van der Waals surface area contributed by atoms with E-state index in [0.29, 0.717) is 6.42 Å². The first-order chi connectivity index (χ1) is 8.36. The lowest BCUT2D eigenvalue weighted by Crippen LogP contribution is -2.14. The van der Waals surface area contributed by atoms with E-state index in [1.165, 1.54) is 31.3 Å². The fourth-order valence-electron chi connectivity index (χ4n) is 2.39. The van der Waals surface area contributed by atoms with Crippen molar-refractivity contribution in [1.29, 1.82) is 0 Å². The standard InChI is InChI=1S/C15H21NO/c17-15(11-13-7-6-10-16-12-13)14-8-4-2-1-3-5-9-14/h6-8,10,12,15,17H,1-5,9,11H2/b14-8+. The van der Waals surface area contributed by atoms with Gasteiger partial charge in [-0.3, -0.25) is 4.98 Å². The molecule has 2 heteroatoms. The predicted octanol–water partition coefficient (Wildman–Crippen LogP) is 3.27. The molecule has 17 heavy (non-hydrogen) atoms. The van der Waals surface area contributed by atoms with Gasteiger partial charge in [0.15, 0.2) is 0 Å². The first-order valence-corrected chi connectivity index (χ1v) is 6.62. The maximum atomic E-state index is 10.2. The van der Waals surface area contributed by atoms with E-state index >= 15 is 0 Å². The number of hydrogen-bond donors (Lipinski definition) is 1. The molecule has 0 amide bonds. The van der Waals surface area contributed by atoms with Gasteiger partial charge in [-0.25, -0.2) is 0 Å². The van der Waals surface area contributed by atoms with Crippen molar-refractivity contribution in [2.24, 2.45) is 0 Å². The van der Waals surface area contributed by atoms with Crippen molar-refractivity contribution in [3.63, 3.8) is 0 Å². The van der Waals surface area contributed by atoms with Gasteiger partial charge in [-0.1, -0.05) is 25.0 Å². The Balaban J connectivity index is 1.96. The molecule has 0 radical (unpaired) electrons. The second-order valence-electron chi connectivity index (χ2n) is 4.81. The average Bonchev–Trinajstić information content (AvgIpc) is 2.29. The van der Waals surface area contributed by atoms with Gasteiger partial charge in [-0.2, -0.15) is 0 Å². The van der Waals surface area contributed by atoms with E-state index in [1.54, 1.807) is 6.20 Å². The molecular formula is C15H21NO. The zero-order chi connectivity index (χ0) is 11.9. The van der Waals surface area contributed by atoms with Gasteiger partial charge in [0.1, 0.15) is 0 Å². The molecule has 92 valence electrons. The number of hydrogen-bond acceptors (Lipinski definition) is 2. The quantitative estimate of drug-likeness (QED) is 0.810. The minimum absolute atomic E-state index is 0.322. The van der Waals surface area contributed by atoms with Crippen molar-refractivity contribution in [2.45, 2.75) is 51.0 Å². The van der Waals surface area contributed by atoms with Gasteiger partial charge < -0.3 is 5.11 Å². The molecule has 2 nitrogen and oxygen atoms in total. The minimum Gasteiger partial charge on any atom is -0.388 e. The van der Waals surface area contributed by atoms with Crippen LogP contribution in [0.3, 0.4) is 0 Å². The normalized spacial score (nSPS) is 22.1. The maximum Gasteiger partial charge on any atom is 0.0791 e. The number of aliphatic hydroxyl groups excluding tert-OH is 1. The summed E-state index contributed by atoms with van der Waals surface area (Å²) in [7, 11) is 0. The molecule has 1 atom stereocenters. The van der Waals surface area contributed by atoms with Crippen LogP contribution in [0.1, 0.15) is 44.1 Å².